The smallest absolute Gasteiger partial charge is 0.104 e. The Hall–Kier alpha value is -0.0800. The van der Waals surface area contributed by atoms with Crippen LogP contribution in [0, 0.1) is 0 Å². The van der Waals surface area contributed by atoms with Crippen LogP contribution < -0.4 is 5.32 Å². The summed E-state index contributed by atoms with van der Waals surface area (Å²) in [6.45, 7) is 5.26. The summed E-state index contributed by atoms with van der Waals surface area (Å²) in [5.74, 6) is 0. The van der Waals surface area contributed by atoms with Gasteiger partial charge in [0.15, 0.2) is 0 Å². The molecule has 25 heavy (non-hydrogen) atoms. The molecule has 0 spiro atoms. The molecule has 1 unspecified atom stereocenters. The predicted molar refractivity (Wildman–Crippen MR) is 113 cm³/mol. The summed E-state index contributed by atoms with van der Waals surface area (Å²) in [7, 11) is 0. The highest BCUT2D eigenvalue weighted by Gasteiger charge is 1.98. The Kier molecular flexibility index (Phi) is 21.9. The van der Waals surface area contributed by atoms with Gasteiger partial charge in [-0.25, -0.2) is 0 Å². The normalized spacial score (nSPS) is 12.6. The third kappa shape index (κ3) is 21.9. The van der Waals surface area contributed by atoms with E-state index < -0.39 is 0 Å². The minimum absolute atomic E-state index is 0.300. The van der Waals surface area contributed by atoms with Crippen molar-refractivity contribution in [2.45, 2.75) is 142 Å². The largest absolute Gasteiger partial charge is 0.379 e. The number of rotatable bonds is 21. The van der Waals surface area contributed by atoms with Crippen molar-refractivity contribution in [2.24, 2.45) is 0 Å². The van der Waals surface area contributed by atoms with Crippen LogP contribution in [0.1, 0.15) is 136 Å². The van der Waals surface area contributed by atoms with Crippen molar-refractivity contribution >= 4 is 0 Å². The summed E-state index contributed by atoms with van der Waals surface area (Å²) in [5.41, 5.74) is 0. The Morgan fingerprint density at radius 3 is 1.16 bits per heavy atom. The lowest BCUT2D eigenvalue weighted by molar-refractivity contribution is 0.133. The molecule has 0 aliphatic heterocycles. The molecule has 2 heteroatoms. The lowest BCUT2D eigenvalue weighted by Gasteiger charge is -2.09. The maximum Gasteiger partial charge on any atom is 0.104 e. The van der Waals surface area contributed by atoms with Crippen LogP contribution >= 0.6 is 0 Å². The zero-order chi connectivity index (χ0) is 18.4. The standard InChI is InChI=1S/C23H49NO/c1-3-5-6-7-8-9-10-11-12-13-14-15-16-17-18-19-20-21-22-24-23(25)4-2/h23-25H,3-22H2,1-2H3. The second-order valence-electron chi connectivity index (χ2n) is 7.89. The van der Waals surface area contributed by atoms with Crippen LogP contribution in [0.2, 0.25) is 0 Å². The molecule has 0 bridgehead atoms. The van der Waals surface area contributed by atoms with Crippen LogP contribution in [0.5, 0.6) is 0 Å². The minimum Gasteiger partial charge on any atom is -0.379 e. The molecule has 0 saturated heterocycles. The first-order chi connectivity index (χ1) is 12.3. The van der Waals surface area contributed by atoms with E-state index in [1.807, 2.05) is 6.92 Å². The zero-order valence-electron chi connectivity index (χ0n) is 17.7. The second kappa shape index (κ2) is 22.0. The lowest BCUT2D eigenvalue weighted by Crippen LogP contribution is -2.28. The number of hydrogen-bond donors (Lipinski definition) is 2. The van der Waals surface area contributed by atoms with Crippen LogP contribution in [-0.2, 0) is 0 Å². The Morgan fingerprint density at radius 2 is 0.840 bits per heavy atom. The van der Waals surface area contributed by atoms with Gasteiger partial charge >= 0.3 is 0 Å². The fourth-order valence-electron chi connectivity index (χ4n) is 3.44. The number of aliphatic hydroxyl groups excluding tert-OH is 1. The molecule has 2 nitrogen and oxygen atoms in total. The molecular weight excluding hydrogens is 306 g/mol. The molecule has 0 aliphatic rings. The van der Waals surface area contributed by atoms with Gasteiger partial charge in [-0.15, -0.1) is 0 Å². The molecular formula is C23H49NO. The summed E-state index contributed by atoms with van der Waals surface area (Å²) in [4.78, 5) is 0. The van der Waals surface area contributed by atoms with Gasteiger partial charge in [0.1, 0.15) is 6.23 Å². The Labute approximate surface area is 159 Å². The monoisotopic (exact) mass is 355 g/mol. The summed E-state index contributed by atoms with van der Waals surface area (Å²) in [6, 6.07) is 0. The quantitative estimate of drug-likeness (QED) is 0.167. The molecule has 0 rings (SSSR count). The molecule has 0 aromatic rings. The van der Waals surface area contributed by atoms with Crippen molar-refractivity contribution in [3.8, 4) is 0 Å². The summed E-state index contributed by atoms with van der Waals surface area (Å²) >= 11 is 0. The average Bonchev–Trinajstić information content (AvgIpc) is 2.63. The summed E-state index contributed by atoms with van der Waals surface area (Å²) in [6.07, 6.45) is 26.0. The van der Waals surface area contributed by atoms with E-state index in [2.05, 4.69) is 12.2 Å². The van der Waals surface area contributed by atoms with E-state index in [0.717, 1.165) is 13.0 Å². The van der Waals surface area contributed by atoms with Gasteiger partial charge in [-0.1, -0.05) is 123 Å². The average molecular weight is 356 g/mol. The van der Waals surface area contributed by atoms with Crippen molar-refractivity contribution in [2.75, 3.05) is 6.54 Å². The van der Waals surface area contributed by atoms with Gasteiger partial charge in [-0.3, -0.25) is 5.32 Å². The van der Waals surface area contributed by atoms with Gasteiger partial charge < -0.3 is 5.11 Å². The number of aliphatic hydroxyl groups is 1. The summed E-state index contributed by atoms with van der Waals surface area (Å²) < 4.78 is 0. The highest BCUT2D eigenvalue weighted by Crippen LogP contribution is 2.14. The van der Waals surface area contributed by atoms with E-state index in [9.17, 15) is 5.11 Å². The first kappa shape index (κ1) is 24.9. The molecule has 0 heterocycles. The zero-order valence-corrected chi connectivity index (χ0v) is 17.7. The van der Waals surface area contributed by atoms with Gasteiger partial charge in [0.05, 0.1) is 0 Å². The van der Waals surface area contributed by atoms with Crippen LogP contribution in [0.15, 0.2) is 0 Å². The van der Waals surface area contributed by atoms with Gasteiger partial charge in [-0.05, 0) is 19.4 Å². The van der Waals surface area contributed by atoms with Crippen LogP contribution in [0.4, 0.5) is 0 Å². The van der Waals surface area contributed by atoms with E-state index in [-0.39, 0.29) is 6.23 Å². The summed E-state index contributed by atoms with van der Waals surface area (Å²) in [5, 5.41) is 12.5. The Balaban J connectivity index is 2.98. The molecule has 2 N–H and O–H groups in total. The molecule has 0 saturated carbocycles. The number of unbranched alkanes of at least 4 members (excludes halogenated alkanes) is 17. The highest BCUT2D eigenvalue weighted by molar-refractivity contribution is 4.53. The van der Waals surface area contributed by atoms with E-state index >= 15 is 0 Å². The molecule has 0 aromatic carbocycles. The minimum atomic E-state index is -0.300. The highest BCUT2D eigenvalue weighted by atomic mass is 16.3. The lowest BCUT2D eigenvalue weighted by atomic mass is 10.0. The maximum atomic E-state index is 9.39. The topological polar surface area (TPSA) is 32.3 Å². The maximum absolute atomic E-state index is 9.39. The SMILES string of the molecule is CCCCCCCCCCCCCCCCCCCCNC(O)CC. The van der Waals surface area contributed by atoms with Crippen molar-refractivity contribution in [1.29, 1.82) is 0 Å². The Bertz CT molecular complexity index is 232. The molecule has 0 radical (unpaired) electrons. The van der Waals surface area contributed by atoms with Crippen LogP contribution in [0.25, 0.3) is 0 Å². The van der Waals surface area contributed by atoms with Crippen molar-refractivity contribution in [3.05, 3.63) is 0 Å². The van der Waals surface area contributed by atoms with E-state index in [1.54, 1.807) is 0 Å². The second-order valence-corrected chi connectivity index (χ2v) is 7.89. The third-order valence-electron chi connectivity index (χ3n) is 5.30. The van der Waals surface area contributed by atoms with Crippen LogP contribution in [-0.4, -0.2) is 17.9 Å². The fraction of sp³-hybridized carbons (Fsp3) is 1.00. The number of nitrogens with one attached hydrogen (secondary N) is 1. The number of hydrogen-bond acceptors (Lipinski definition) is 2. The van der Waals surface area contributed by atoms with E-state index in [4.69, 9.17) is 0 Å². The Morgan fingerprint density at radius 1 is 0.520 bits per heavy atom. The van der Waals surface area contributed by atoms with Gasteiger partial charge in [0.25, 0.3) is 0 Å². The predicted octanol–water partition coefficient (Wildman–Crippen LogP) is 7.35. The molecule has 0 aliphatic carbocycles. The van der Waals surface area contributed by atoms with Crippen molar-refractivity contribution in [1.82, 2.24) is 5.32 Å². The van der Waals surface area contributed by atoms with Crippen molar-refractivity contribution in [3.63, 3.8) is 0 Å². The van der Waals surface area contributed by atoms with E-state index in [1.165, 1.54) is 116 Å². The molecule has 152 valence electrons. The van der Waals surface area contributed by atoms with Gasteiger partial charge in [0, 0.05) is 0 Å². The molecule has 0 aromatic heterocycles. The molecule has 1 atom stereocenters. The first-order valence-electron chi connectivity index (χ1n) is 11.7. The first-order valence-corrected chi connectivity index (χ1v) is 11.7. The van der Waals surface area contributed by atoms with Crippen molar-refractivity contribution < 1.29 is 5.11 Å². The fourth-order valence-corrected chi connectivity index (χ4v) is 3.44. The van der Waals surface area contributed by atoms with Crippen LogP contribution in [0.3, 0.4) is 0 Å². The van der Waals surface area contributed by atoms with Gasteiger partial charge in [0.2, 0.25) is 0 Å². The molecule has 0 fully saturated rings. The van der Waals surface area contributed by atoms with E-state index in [0.29, 0.717) is 0 Å². The van der Waals surface area contributed by atoms with Gasteiger partial charge in [-0.2, -0.15) is 0 Å². The third-order valence-corrected chi connectivity index (χ3v) is 5.30. The molecule has 0 amide bonds.